The first-order valence-electron chi connectivity index (χ1n) is 16.5. The van der Waals surface area contributed by atoms with Crippen molar-refractivity contribution in [2.45, 2.75) is 109 Å². The number of fused-ring (bicyclic) bond motifs is 1. The maximum Gasteiger partial charge on any atom is 0.311 e. The number of nitrogens with one attached hydrogen (secondary N) is 2. The van der Waals surface area contributed by atoms with Crippen LogP contribution in [0.3, 0.4) is 0 Å². The highest BCUT2D eigenvalue weighted by Crippen LogP contribution is 2.32. The molecule has 1 heterocycles. The molecule has 2 aromatic rings. The summed E-state index contributed by atoms with van der Waals surface area (Å²) in [6.07, 6.45) is -3.87. The van der Waals surface area contributed by atoms with Gasteiger partial charge in [0, 0.05) is 42.7 Å². The van der Waals surface area contributed by atoms with Gasteiger partial charge in [0.1, 0.15) is 17.8 Å². The molecule has 1 aliphatic heterocycles. The van der Waals surface area contributed by atoms with Gasteiger partial charge in [-0.2, -0.15) is 0 Å². The summed E-state index contributed by atoms with van der Waals surface area (Å²) in [5, 5.41) is 65.7. The molecule has 258 valence electrons. The van der Waals surface area contributed by atoms with Crippen LogP contribution >= 0.6 is 12.2 Å². The first kappa shape index (κ1) is 38.1. The Morgan fingerprint density at radius 3 is 2.35 bits per heavy atom. The summed E-state index contributed by atoms with van der Waals surface area (Å²) in [6, 6.07) is 13.5. The van der Waals surface area contributed by atoms with Gasteiger partial charge >= 0.3 is 5.97 Å². The van der Waals surface area contributed by atoms with Crippen LogP contribution in [0.1, 0.15) is 67.7 Å². The van der Waals surface area contributed by atoms with Gasteiger partial charge in [-0.25, -0.2) is 0 Å². The minimum atomic E-state index is -1.80. The Morgan fingerprint density at radius 1 is 1.02 bits per heavy atom. The van der Waals surface area contributed by atoms with Crippen molar-refractivity contribution in [1.29, 1.82) is 0 Å². The lowest BCUT2D eigenvalue weighted by Crippen LogP contribution is -2.59. The van der Waals surface area contributed by atoms with Crippen molar-refractivity contribution in [3.8, 4) is 0 Å². The zero-order valence-corrected chi connectivity index (χ0v) is 29.1. The highest BCUT2D eigenvalue weighted by molar-refractivity contribution is 7.80. The second-order valence-corrected chi connectivity index (χ2v) is 14.2. The van der Waals surface area contributed by atoms with E-state index in [4.69, 9.17) is 17.0 Å². The van der Waals surface area contributed by atoms with Gasteiger partial charge in [0.15, 0.2) is 5.11 Å². The van der Waals surface area contributed by atoms with E-state index in [1.54, 1.807) is 13.8 Å². The molecule has 0 saturated carbocycles. The van der Waals surface area contributed by atoms with Crippen LogP contribution in [0.25, 0.3) is 10.8 Å². The standard InChI is InChI=1S/C35H55N3O7S/c1-8-28-35(7,44)31(41)24(5)38(18-12-17-36-33(46)37-27-16-11-14-25-13-9-10-15-26(25)27)20-21(2)19-34(6,43)30(40)22(3)29(39)23(4)32(42)45-28/h9-11,13-16,21-24,28-31,39-41,43-44H,8,12,17-20H2,1-7H3,(H2,36,37,46)/t21-,22+,23-,24-,28-,29+,30-,31-,34-,35-/m1/s1. The average Bonchev–Trinajstić information content (AvgIpc) is 3.02. The van der Waals surface area contributed by atoms with Crippen molar-refractivity contribution in [3.05, 3.63) is 42.5 Å². The number of rotatable bonds is 6. The number of thiocarbonyl (C=S) groups is 1. The van der Waals surface area contributed by atoms with Crippen molar-refractivity contribution in [3.63, 3.8) is 0 Å². The van der Waals surface area contributed by atoms with Gasteiger partial charge in [-0.3, -0.25) is 9.69 Å². The van der Waals surface area contributed by atoms with Crippen LogP contribution in [-0.4, -0.2) is 103 Å². The number of carbonyl (C=O) groups is 1. The van der Waals surface area contributed by atoms with Crippen LogP contribution in [0.15, 0.2) is 42.5 Å². The van der Waals surface area contributed by atoms with Crippen LogP contribution in [0.4, 0.5) is 5.69 Å². The van der Waals surface area contributed by atoms with E-state index in [0.717, 1.165) is 16.5 Å². The van der Waals surface area contributed by atoms with Gasteiger partial charge in [-0.05, 0) is 76.5 Å². The Bertz CT molecular complexity index is 1300. The van der Waals surface area contributed by atoms with E-state index in [1.165, 1.54) is 20.8 Å². The van der Waals surface area contributed by atoms with Gasteiger partial charge in [-0.15, -0.1) is 0 Å². The third-order valence-electron chi connectivity index (χ3n) is 9.72. The summed E-state index contributed by atoms with van der Waals surface area (Å²) in [5.41, 5.74) is -2.45. The maximum absolute atomic E-state index is 13.1. The van der Waals surface area contributed by atoms with Crippen molar-refractivity contribution in [1.82, 2.24) is 10.2 Å². The zero-order valence-electron chi connectivity index (χ0n) is 28.3. The van der Waals surface area contributed by atoms with Crippen LogP contribution < -0.4 is 10.6 Å². The van der Waals surface area contributed by atoms with Crippen LogP contribution in [0.2, 0.25) is 0 Å². The molecule has 0 radical (unpaired) electrons. The summed E-state index contributed by atoms with van der Waals surface area (Å²) >= 11 is 5.57. The molecule has 0 aliphatic carbocycles. The lowest BCUT2D eigenvalue weighted by atomic mass is 9.78. The van der Waals surface area contributed by atoms with Crippen molar-refractivity contribution in [2.75, 3.05) is 25.0 Å². The number of aliphatic hydroxyl groups excluding tert-OH is 3. The smallest absolute Gasteiger partial charge is 0.311 e. The third kappa shape index (κ3) is 9.15. The van der Waals surface area contributed by atoms with Gasteiger partial charge < -0.3 is 40.9 Å². The van der Waals surface area contributed by atoms with Gasteiger partial charge in [0.2, 0.25) is 0 Å². The SMILES string of the molecule is CC[C@H]1OC(=O)[C@H](C)[C@@H](O)[C@H](C)[C@@H](O)[C@](C)(O)C[C@@H](C)CN(CCCNC(=S)Nc2cccc3ccccc23)[C@H](C)[C@@H](O)[C@]1(C)O. The summed E-state index contributed by atoms with van der Waals surface area (Å²) in [7, 11) is 0. The normalized spacial score (nSPS) is 35.5. The van der Waals surface area contributed by atoms with E-state index in [2.05, 4.69) is 10.6 Å². The molecule has 11 heteroatoms. The highest BCUT2D eigenvalue weighted by atomic mass is 32.1. The molecular formula is C35H55N3O7S. The molecule has 0 aromatic heterocycles. The van der Waals surface area contributed by atoms with Crippen molar-refractivity contribution >= 4 is 39.8 Å². The molecule has 46 heavy (non-hydrogen) atoms. The van der Waals surface area contributed by atoms with Gasteiger partial charge in [0.25, 0.3) is 0 Å². The van der Waals surface area contributed by atoms with Crippen LogP contribution in [0.5, 0.6) is 0 Å². The van der Waals surface area contributed by atoms with E-state index in [1.807, 2.05) is 61.2 Å². The van der Waals surface area contributed by atoms with E-state index in [0.29, 0.717) is 31.2 Å². The zero-order chi connectivity index (χ0) is 34.4. The lowest BCUT2D eigenvalue weighted by Gasteiger charge is -2.43. The number of aliphatic hydroxyl groups is 5. The quantitative estimate of drug-likeness (QED) is 0.138. The molecule has 0 amide bonds. The molecular weight excluding hydrogens is 606 g/mol. The summed E-state index contributed by atoms with van der Waals surface area (Å²) in [6.45, 7) is 13.1. The fourth-order valence-corrected chi connectivity index (χ4v) is 7.04. The first-order valence-corrected chi connectivity index (χ1v) is 16.9. The summed E-state index contributed by atoms with van der Waals surface area (Å²) in [5.74, 6) is -2.77. The number of cyclic esters (lactones) is 1. The van der Waals surface area contributed by atoms with E-state index < -0.39 is 59.5 Å². The Kier molecular flexibility index (Phi) is 13.4. The van der Waals surface area contributed by atoms with E-state index >= 15 is 0 Å². The molecule has 0 unspecified atom stereocenters. The summed E-state index contributed by atoms with van der Waals surface area (Å²) in [4.78, 5) is 15.1. The summed E-state index contributed by atoms with van der Waals surface area (Å²) < 4.78 is 5.68. The Hall–Kier alpha value is -2.38. The predicted molar refractivity (Wildman–Crippen MR) is 185 cm³/mol. The molecule has 7 N–H and O–H groups in total. The number of nitrogens with zero attached hydrogens (tertiary/aromatic N) is 1. The lowest BCUT2D eigenvalue weighted by molar-refractivity contribution is -0.193. The van der Waals surface area contributed by atoms with Crippen LogP contribution in [-0.2, 0) is 9.53 Å². The Morgan fingerprint density at radius 2 is 1.67 bits per heavy atom. The topological polar surface area (TPSA) is 155 Å². The average molecular weight is 662 g/mol. The Labute approximate surface area is 279 Å². The second kappa shape index (κ2) is 16.1. The van der Waals surface area contributed by atoms with Crippen LogP contribution in [0, 0.1) is 17.8 Å². The molecule has 0 spiro atoms. The number of ether oxygens (including phenoxy) is 1. The maximum atomic E-state index is 13.1. The number of carbonyl (C=O) groups excluding carboxylic acids is 1. The minimum Gasteiger partial charge on any atom is -0.459 e. The molecule has 1 saturated heterocycles. The van der Waals surface area contributed by atoms with E-state index in [-0.39, 0.29) is 18.8 Å². The first-order chi connectivity index (χ1) is 21.5. The largest absolute Gasteiger partial charge is 0.459 e. The minimum absolute atomic E-state index is 0.141. The monoisotopic (exact) mass is 661 g/mol. The molecule has 10 nitrogen and oxygen atoms in total. The molecule has 1 aliphatic rings. The fraction of sp³-hybridized carbons (Fsp3) is 0.657. The van der Waals surface area contributed by atoms with Gasteiger partial charge in [0.05, 0.1) is 23.7 Å². The number of hydrogen-bond acceptors (Lipinski definition) is 9. The van der Waals surface area contributed by atoms with Gasteiger partial charge in [-0.1, -0.05) is 57.2 Å². The molecule has 2 aromatic carbocycles. The third-order valence-corrected chi connectivity index (χ3v) is 9.97. The number of esters is 1. The van der Waals surface area contributed by atoms with Crippen molar-refractivity contribution in [2.24, 2.45) is 17.8 Å². The van der Waals surface area contributed by atoms with Crippen molar-refractivity contribution < 1.29 is 35.1 Å². The molecule has 0 bridgehead atoms. The predicted octanol–water partition coefficient (Wildman–Crippen LogP) is 3.43. The number of anilines is 1. The fourth-order valence-electron chi connectivity index (χ4n) is 6.83. The number of benzene rings is 2. The van der Waals surface area contributed by atoms with E-state index in [9.17, 15) is 30.3 Å². The molecule has 1 fully saturated rings. The number of hydrogen-bond donors (Lipinski definition) is 7. The highest BCUT2D eigenvalue weighted by Gasteiger charge is 2.47. The Balaban J connectivity index is 1.78. The molecule has 3 rings (SSSR count). The second-order valence-electron chi connectivity index (χ2n) is 13.8. The molecule has 10 atom stereocenters.